The van der Waals surface area contributed by atoms with E-state index in [4.69, 9.17) is 18.9 Å². The van der Waals surface area contributed by atoms with Crippen LogP contribution in [0.3, 0.4) is 0 Å². The third kappa shape index (κ3) is 5.80. The van der Waals surface area contributed by atoms with Gasteiger partial charge in [0.25, 0.3) is 5.91 Å². The predicted octanol–water partition coefficient (Wildman–Crippen LogP) is 5.29. The molecule has 1 aromatic heterocycles. The van der Waals surface area contributed by atoms with E-state index in [-0.39, 0.29) is 5.91 Å². The van der Waals surface area contributed by atoms with Crippen molar-refractivity contribution in [2.24, 2.45) is 4.99 Å². The maximum atomic E-state index is 13.4. The van der Waals surface area contributed by atoms with E-state index in [2.05, 4.69) is 35.5 Å². The minimum Gasteiger partial charge on any atom is -0.490 e. The van der Waals surface area contributed by atoms with Gasteiger partial charge < -0.3 is 23.5 Å². The summed E-state index contributed by atoms with van der Waals surface area (Å²) in [6.07, 6.45) is 0. The van der Waals surface area contributed by atoms with Crippen molar-refractivity contribution in [1.29, 1.82) is 0 Å². The highest BCUT2D eigenvalue weighted by molar-refractivity contribution is 7.16. The second-order valence-corrected chi connectivity index (χ2v) is 8.69. The van der Waals surface area contributed by atoms with Crippen LogP contribution in [0.4, 0.5) is 0 Å². The molecule has 0 bridgehead atoms. The monoisotopic (exact) mass is 486 g/mol. The second-order valence-electron chi connectivity index (χ2n) is 7.68. The highest BCUT2D eigenvalue weighted by Crippen LogP contribution is 2.39. The molecule has 0 aliphatic carbocycles. The molecule has 0 N–H and O–H groups in total. The molecule has 3 aromatic rings. The first-order valence-electron chi connectivity index (χ1n) is 11.8. The summed E-state index contributed by atoms with van der Waals surface area (Å²) < 4.78 is 26.1. The van der Waals surface area contributed by atoms with Crippen molar-refractivity contribution in [2.75, 3.05) is 33.0 Å². The highest BCUT2D eigenvalue weighted by Gasteiger charge is 2.19. The molecule has 0 spiro atoms. The molecule has 0 saturated heterocycles. The summed E-state index contributed by atoms with van der Waals surface area (Å²) in [5, 5.41) is 0. The SMILES string of the molecule is CCOCCn1c(=NC(=O)c2cc(OCC)c(OCC)c(OCC)c2)sc2cc(C)cc(C)c21. The van der Waals surface area contributed by atoms with E-state index in [1.54, 1.807) is 12.1 Å². The summed E-state index contributed by atoms with van der Waals surface area (Å²) in [6, 6.07) is 7.63. The van der Waals surface area contributed by atoms with Gasteiger partial charge >= 0.3 is 0 Å². The van der Waals surface area contributed by atoms with E-state index >= 15 is 0 Å². The van der Waals surface area contributed by atoms with Crippen molar-refractivity contribution < 1.29 is 23.7 Å². The molecule has 34 heavy (non-hydrogen) atoms. The molecule has 0 aliphatic rings. The zero-order valence-corrected chi connectivity index (χ0v) is 21.7. The van der Waals surface area contributed by atoms with E-state index in [0.29, 0.717) is 67.2 Å². The Morgan fingerprint density at radius 1 is 0.912 bits per heavy atom. The summed E-state index contributed by atoms with van der Waals surface area (Å²) >= 11 is 1.51. The number of aromatic nitrogens is 1. The Morgan fingerprint density at radius 2 is 1.56 bits per heavy atom. The molecule has 0 aliphatic heterocycles. The van der Waals surface area contributed by atoms with Gasteiger partial charge in [-0.2, -0.15) is 4.99 Å². The van der Waals surface area contributed by atoms with E-state index in [0.717, 1.165) is 15.8 Å². The highest BCUT2D eigenvalue weighted by atomic mass is 32.1. The third-order valence-corrected chi connectivity index (χ3v) is 6.15. The summed E-state index contributed by atoms with van der Waals surface area (Å²) in [4.78, 5) is 18.5. The predicted molar refractivity (Wildman–Crippen MR) is 136 cm³/mol. The number of aryl methyl sites for hydroxylation is 2. The Labute approximate surface area is 204 Å². The molecule has 0 atom stereocenters. The molecular formula is C26H34N2O5S. The number of carbonyl (C=O) groups excluding carboxylic acids is 1. The zero-order chi connectivity index (χ0) is 24.7. The van der Waals surface area contributed by atoms with Crippen LogP contribution in [-0.2, 0) is 11.3 Å². The fraction of sp³-hybridized carbons (Fsp3) is 0.462. The molecule has 1 heterocycles. The Hall–Kier alpha value is -2.84. The molecule has 7 nitrogen and oxygen atoms in total. The first-order valence-corrected chi connectivity index (χ1v) is 12.6. The third-order valence-electron chi connectivity index (χ3n) is 5.13. The van der Waals surface area contributed by atoms with Gasteiger partial charge in [0.05, 0.1) is 36.6 Å². The average Bonchev–Trinajstić information content (AvgIpc) is 3.13. The standard InChI is InChI=1S/C26H34N2O5S/c1-7-30-12-11-28-23-18(6)13-17(5)14-22(23)34-26(28)27-25(29)19-15-20(31-8-2)24(33-10-4)21(16-19)32-9-3/h13-16H,7-12H2,1-6H3. The number of benzene rings is 2. The second kappa shape index (κ2) is 12.0. The fourth-order valence-corrected chi connectivity index (χ4v) is 5.08. The number of thiazole rings is 1. The number of carbonyl (C=O) groups is 1. The Bertz CT molecular complexity index is 1180. The Morgan fingerprint density at radius 3 is 2.15 bits per heavy atom. The number of hydrogen-bond acceptors (Lipinski definition) is 6. The van der Waals surface area contributed by atoms with Crippen LogP contribution in [-0.4, -0.2) is 43.5 Å². The number of hydrogen-bond donors (Lipinski definition) is 0. The lowest BCUT2D eigenvalue weighted by Crippen LogP contribution is -2.20. The van der Waals surface area contributed by atoms with Gasteiger partial charge in [-0.3, -0.25) is 4.79 Å². The summed E-state index contributed by atoms with van der Waals surface area (Å²) in [6.45, 7) is 14.9. The minimum atomic E-state index is -0.365. The molecule has 184 valence electrons. The van der Waals surface area contributed by atoms with Gasteiger partial charge in [-0.05, 0) is 70.9 Å². The first kappa shape index (κ1) is 25.8. The number of fused-ring (bicyclic) bond motifs is 1. The van der Waals surface area contributed by atoms with Crippen LogP contribution in [0.2, 0.25) is 0 Å². The first-order chi connectivity index (χ1) is 16.4. The number of ether oxygens (including phenoxy) is 4. The lowest BCUT2D eigenvalue weighted by molar-refractivity contribution is 0.0995. The van der Waals surface area contributed by atoms with Crippen molar-refractivity contribution in [3.63, 3.8) is 0 Å². The topological polar surface area (TPSA) is 71.3 Å². The van der Waals surface area contributed by atoms with E-state index in [9.17, 15) is 4.79 Å². The van der Waals surface area contributed by atoms with Crippen LogP contribution < -0.4 is 19.0 Å². The molecule has 0 fully saturated rings. The smallest absolute Gasteiger partial charge is 0.279 e. The molecule has 2 aromatic carbocycles. The lowest BCUT2D eigenvalue weighted by Gasteiger charge is -2.16. The summed E-state index contributed by atoms with van der Waals surface area (Å²) in [5.41, 5.74) is 3.79. The van der Waals surface area contributed by atoms with Crippen LogP contribution in [0.5, 0.6) is 17.2 Å². The molecule has 1 amide bonds. The molecule has 0 unspecified atom stereocenters. The van der Waals surface area contributed by atoms with Crippen LogP contribution in [0, 0.1) is 13.8 Å². The Kier molecular flexibility index (Phi) is 9.12. The van der Waals surface area contributed by atoms with Gasteiger partial charge in [-0.15, -0.1) is 0 Å². The van der Waals surface area contributed by atoms with Crippen LogP contribution >= 0.6 is 11.3 Å². The minimum absolute atomic E-state index is 0.365. The van der Waals surface area contributed by atoms with Gasteiger partial charge in [-0.25, -0.2) is 0 Å². The molecule has 8 heteroatoms. The molecule has 0 saturated carbocycles. The van der Waals surface area contributed by atoms with Gasteiger partial charge in [0.2, 0.25) is 5.75 Å². The van der Waals surface area contributed by atoms with E-state index in [1.807, 2.05) is 27.7 Å². The van der Waals surface area contributed by atoms with Gasteiger partial charge in [0.1, 0.15) is 0 Å². The maximum Gasteiger partial charge on any atom is 0.279 e. The lowest BCUT2D eigenvalue weighted by atomic mass is 10.1. The quantitative estimate of drug-likeness (QED) is 0.344. The van der Waals surface area contributed by atoms with Gasteiger partial charge in [0, 0.05) is 18.7 Å². The van der Waals surface area contributed by atoms with Crippen LogP contribution in [0.25, 0.3) is 10.2 Å². The number of rotatable bonds is 11. The van der Waals surface area contributed by atoms with Crippen molar-refractivity contribution in [1.82, 2.24) is 4.57 Å². The van der Waals surface area contributed by atoms with Gasteiger partial charge in [-0.1, -0.05) is 17.4 Å². The van der Waals surface area contributed by atoms with Crippen molar-refractivity contribution >= 4 is 27.5 Å². The molecule has 3 rings (SSSR count). The number of nitrogens with zero attached hydrogens (tertiary/aromatic N) is 2. The zero-order valence-electron chi connectivity index (χ0n) is 20.9. The normalized spacial score (nSPS) is 11.8. The van der Waals surface area contributed by atoms with E-state index in [1.165, 1.54) is 16.9 Å². The average molecular weight is 487 g/mol. The largest absolute Gasteiger partial charge is 0.490 e. The summed E-state index contributed by atoms with van der Waals surface area (Å²) in [7, 11) is 0. The Balaban J connectivity index is 2.13. The van der Waals surface area contributed by atoms with Crippen molar-refractivity contribution in [3.05, 3.63) is 45.8 Å². The van der Waals surface area contributed by atoms with Crippen molar-refractivity contribution in [3.8, 4) is 17.2 Å². The van der Waals surface area contributed by atoms with E-state index < -0.39 is 0 Å². The summed E-state index contributed by atoms with van der Waals surface area (Å²) in [5.74, 6) is 1.08. The van der Waals surface area contributed by atoms with Crippen molar-refractivity contribution in [2.45, 2.75) is 48.1 Å². The van der Waals surface area contributed by atoms with Gasteiger partial charge in [0.15, 0.2) is 16.3 Å². The van der Waals surface area contributed by atoms with Crippen LogP contribution in [0.15, 0.2) is 29.3 Å². The maximum absolute atomic E-state index is 13.4. The van der Waals surface area contributed by atoms with Crippen LogP contribution in [0.1, 0.15) is 49.2 Å². The number of amides is 1. The molecular weight excluding hydrogens is 452 g/mol. The fourth-order valence-electron chi connectivity index (χ4n) is 3.85. The molecule has 0 radical (unpaired) electrons.